The summed E-state index contributed by atoms with van der Waals surface area (Å²) < 4.78 is 1.93. The lowest BCUT2D eigenvalue weighted by Crippen LogP contribution is -2.15. The number of hydrogen-bond acceptors (Lipinski definition) is 2. The van der Waals surface area contributed by atoms with Crippen molar-refractivity contribution in [3.05, 3.63) is 52.8 Å². The largest absolute Gasteiger partial charge is 0.307 e. The molecule has 1 heterocycles. The minimum Gasteiger partial charge on any atom is -0.307 e. The van der Waals surface area contributed by atoms with Crippen LogP contribution < -0.4 is 5.32 Å². The Balaban J connectivity index is 1.87. The van der Waals surface area contributed by atoms with Crippen LogP contribution in [0.3, 0.4) is 0 Å². The first-order valence-electron chi connectivity index (χ1n) is 5.91. The Bertz CT molecular complexity index is 483. The van der Waals surface area contributed by atoms with Crippen LogP contribution in [0.1, 0.15) is 22.5 Å². The molecule has 0 saturated carbocycles. The highest BCUT2D eigenvalue weighted by atomic mass is 15.3. The van der Waals surface area contributed by atoms with Gasteiger partial charge in [-0.2, -0.15) is 5.10 Å². The van der Waals surface area contributed by atoms with Crippen molar-refractivity contribution in [2.24, 2.45) is 7.05 Å². The van der Waals surface area contributed by atoms with Crippen LogP contribution in [0.4, 0.5) is 0 Å². The monoisotopic (exact) mass is 229 g/mol. The minimum atomic E-state index is 0.852. The third-order valence-electron chi connectivity index (χ3n) is 2.85. The maximum absolute atomic E-state index is 4.32. The van der Waals surface area contributed by atoms with E-state index in [4.69, 9.17) is 0 Å². The first-order chi connectivity index (χ1) is 8.15. The van der Waals surface area contributed by atoms with E-state index in [1.54, 1.807) is 0 Å². The molecule has 0 aliphatic rings. The van der Waals surface area contributed by atoms with E-state index in [2.05, 4.69) is 47.7 Å². The Kier molecular flexibility index (Phi) is 3.59. The van der Waals surface area contributed by atoms with E-state index < -0.39 is 0 Å². The molecule has 2 aromatic rings. The van der Waals surface area contributed by atoms with Crippen LogP contribution in [0.15, 0.2) is 30.3 Å². The molecule has 2 rings (SSSR count). The molecule has 0 bridgehead atoms. The highest BCUT2D eigenvalue weighted by Crippen LogP contribution is 2.04. The second-order valence-electron chi connectivity index (χ2n) is 4.49. The maximum Gasteiger partial charge on any atom is 0.0597 e. The van der Waals surface area contributed by atoms with Gasteiger partial charge in [0.25, 0.3) is 0 Å². The molecule has 1 N–H and O–H groups in total. The Labute approximate surface area is 102 Å². The number of benzene rings is 1. The fourth-order valence-electron chi connectivity index (χ4n) is 1.87. The van der Waals surface area contributed by atoms with Gasteiger partial charge in [0.05, 0.1) is 11.4 Å². The zero-order chi connectivity index (χ0) is 12.3. The van der Waals surface area contributed by atoms with Crippen LogP contribution in [0.2, 0.25) is 0 Å². The molecule has 0 unspecified atom stereocenters. The number of rotatable bonds is 4. The molecule has 17 heavy (non-hydrogen) atoms. The average molecular weight is 229 g/mol. The van der Waals surface area contributed by atoms with E-state index in [1.807, 2.05) is 18.7 Å². The maximum atomic E-state index is 4.32. The predicted molar refractivity (Wildman–Crippen MR) is 69.7 cm³/mol. The van der Waals surface area contributed by atoms with Crippen molar-refractivity contribution in [2.75, 3.05) is 0 Å². The smallest absolute Gasteiger partial charge is 0.0597 e. The van der Waals surface area contributed by atoms with Crippen LogP contribution in [0.25, 0.3) is 0 Å². The second-order valence-corrected chi connectivity index (χ2v) is 4.49. The van der Waals surface area contributed by atoms with Gasteiger partial charge in [0.2, 0.25) is 0 Å². The highest BCUT2D eigenvalue weighted by Gasteiger charge is 2.01. The predicted octanol–water partition coefficient (Wildman–Crippen LogP) is 2.33. The summed E-state index contributed by atoms with van der Waals surface area (Å²) in [6, 6.07) is 10.7. The minimum absolute atomic E-state index is 0.852. The summed E-state index contributed by atoms with van der Waals surface area (Å²) in [5.74, 6) is 0. The highest BCUT2D eigenvalue weighted by molar-refractivity contribution is 5.21. The fraction of sp³-hybridized carbons (Fsp3) is 0.357. The lowest BCUT2D eigenvalue weighted by molar-refractivity contribution is 0.624. The summed E-state index contributed by atoms with van der Waals surface area (Å²) in [7, 11) is 1.98. The Morgan fingerprint density at radius 1 is 1.12 bits per heavy atom. The van der Waals surface area contributed by atoms with Crippen molar-refractivity contribution >= 4 is 0 Å². The summed E-state index contributed by atoms with van der Waals surface area (Å²) in [5, 5.41) is 7.76. The molecule has 3 nitrogen and oxygen atoms in total. The molecular formula is C14H19N3. The standard InChI is InChI=1S/C14H19N3/c1-11-4-6-13(7-5-11)9-15-10-14-8-12(2)16-17(14)3/h4-8,15H,9-10H2,1-3H3. The molecule has 0 saturated heterocycles. The summed E-state index contributed by atoms with van der Waals surface area (Å²) in [4.78, 5) is 0. The fourth-order valence-corrected chi connectivity index (χ4v) is 1.87. The van der Waals surface area contributed by atoms with Crippen LogP contribution in [-0.2, 0) is 20.1 Å². The van der Waals surface area contributed by atoms with Crippen molar-refractivity contribution < 1.29 is 0 Å². The van der Waals surface area contributed by atoms with Gasteiger partial charge in [0.1, 0.15) is 0 Å². The van der Waals surface area contributed by atoms with Gasteiger partial charge in [-0.25, -0.2) is 0 Å². The number of nitrogens with zero attached hydrogens (tertiary/aromatic N) is 2. The van der Waals surface area contributed by atoms with Crippen molar-refractivity contribution in [2.45, 2.75) is 26.9 Å². The van der Waals surface area contributed by atoms with Crippen molar-refractivity contribution in [1.29, 1.82) is 0 Å². The normalized spacial score (nSPS) is 10.8. The van der Waals surface area contributed by atoms with Gasteiger partial charge in [-0.1, -0.05) is 29.8 Å². The molecule has 0 amide bonds. The van der Waals surface area contributed by atoms with Gasteiger partial charge in [0.15, 0.2) is 0 Å². The Morgan fingerprint density at radius 2 is 1.82 bits per heavy atom. The van der Waals surface area contributed by atoms with Crippen molar-refractivity contribution in [3.63, 3.8) is 0 Å². The van der Waals surface area contributed by atoms with E-state index in [9.17, 15) is 0 Å². The Hall–Kier alpha value is -1.61. The van der Waals surface area contributed by atoms with Crippen LogP contribution >= 0.6 is 0 Å². The van der Waals surface area contributed by atoms with E-state index in [0.717, 1.165) is 18.8 Å². The van der Waals surface area contributed by atoms with Gasteiger partial charge in [-0.05, 0) is 25.5 Å². The number of nitrogens with one attached hydrogen (secondary N) is 1. The van der Waals surface area contributed by atoms with E-state index in [0.29, 0.717) is 0 Å². The molecule has 3 heteroatoms. The molecule has 0 fully saturated rings. The van der Waals surface area contributed by atoms with Crippen LogP contribution in [0, 0.1) is 13.8 Å². The van der Waals surface area contributed by atoms with E-state index in [-0.39, 0.29) is 0 Å². The Morgan fingerprint density at radius 3 is 2.41 bits per heavy atom. The van der Waals surface area contributed by atoms with Crippen molar-refractivity contribution in [3.8, 4) is 0 Å². The molecular weight excluding hydrogens is 210 g/mol. The molecule has 0 aliphatic carbocycles. The van der Waals surface area contributed by atoms with Gasteiger partial charge < -0.3 is 5.32 Å². The summed E-state index contributed by atoms with van der Waals surface area (Å²) in [6.07, 6.45) is 0. The number of aryl methyl sites for hydroxylation is 3. The molecule has 0 radical (unpaired) electrons. The molecule has 1 aromatic heterocycles. The molecule has 0 atom stereocenters. The first kappa shape index (κ1) is 11.9. The number of hydrogen-bond donors (Lipinski definition) is 1. The van der Waals surface area contributed by atoms with Gasteiger partial charge in [0, 0.05) is 20.1 Å². The summed E-state index contributed by atoms with van der Waals surface area (Å²) in [5.41, 5.74) is 4.90. The number of aromatic nitrogens is 2. The quantitative estimate of drug-likeness (QED) is 0.872. The third-order valence-corrected chi connectivity index (χ3v) is 2.85. The van der Waals surface area contributed by atoms with Gasteiger partial charge in [-0.3, -0.25) is 4.68 Å². The first-order valence-corrected chi connectivity index (χ1v) is 5.91. The van der Waals surface area contributed by atoms with Crippen molar-refractivity contribution in [1.82, 2.24) is 15.1 Å². The van der Waals surface area contributed by atoms with Gasteiger partial charge in [-0.15, -0.1) is 0 Å². The second kappa shape index (κ2) is 5.15. The third kappa shape index (κ3) is 3.17. The zero-order valence-electron chi connectivity index (χ0n) is 10.7. The van der Waals surface area contributed by atoms with E-state index >= 15 is 0 Å². The molecule has 1 aromatic carbocycles. The molecule has 90 valence electrons. The lowest BCUT2D eigenvalue weighted by atomic mass is 10.1. The summed E-state index contributed by atoms with van der Waals surface area (Å²) in [6.45, 7) is 5.87. The van der Waals surface area contributed by atoms with Crippen LogP contribution in [-0.4, -0.2) is 9.78 Å². The van der Waals surface area contributed by atoms with Crippen LogP contribution in [0.5, 0.6) is 0 Å². The SMILES string of the molecule is Cc1ccc(CNCc2cc(C)nn2C)cc1. The van der Waals surface area contributed by atoms with Gasteiger partial charge >= 0.3 is 0 Å². The average Bonchev–Trinajstić information content (AvgIpc) is 2.60. The molecule has 0 spiro atoms. The topological polar surface area (TPSA) is 29.9 Å². The van der Waals surface area contributed by atoms with E-state index in [1.165, 1.54) is 16.8 Å². The summed E-state index contributed by atoms with van der Waals surface area (Å²) >= 11 is 0. The zero-order valence-corrected chi connectivity index (χ0v) is 10.7. The molecule has 0 aliphatic heterocycles. The lowest BCUT2D eigenvalue weighted by Gasteiger charge is -2.05.